The summed E-state index contributed by atoms with van der Waals surface area (Å²) in [5, 5.41) is 18.3. The maximum Gasteiger partial charge on any atom is 0.338 e. The van der Waals surface area contributed by atoms with Gasteiger partial charge in [0.1, 0.15) is 0 Å². The second-order valence-electron chi connectivity index (χ2n) is 5.34. The maximum atomic E-state index is 12.0. The molecular weight excluding hydrogens is 356 g/mol. The fourth-order valence-electron chi connectivity index (χ4n) is 2.48. The number of carboxylic acids is 2. The van der Waals surface area contributed by atoms with Gasteiger partial charge in [0.15, 0.2) is 0 Å². The van der Waals surface area contributed by atoms with Gasteiger partial charge in [-0.05, 0) is 42.3 Å². The van der Waals surface area contributed by atoms with Crippen LogP contribution in [0.3, 0.4) is 0 Å². The van der Waals surface area contributed by atoms with Crippen LogP contribution in [-0.2, 0) is 9.47 Å². The van der Waals surface area contributed by atoms with Crippen LogP contribution in [0.2, 0.25) is 0 Å². The summed E-state index contributed by atoms with van der Waals surface area (Å²) in [6, 6.07) is 7.99. The van der Waals surface area contributed by atoms with Crippen LogP contribution in [0.15, 0.2) is 36.4 Å². The Balaban J connectivity index is 2.61. The zero-order valence-corrected chi connectivity index (χ0v) is 14.5. The van der Waals surface area contributed by atoms with E-state index in [2.05, 4.69) is 0 Å². The number of methoxy groups -OCH3 is 1. The van der Waals surface area contributed by atoms with E-state index >= 15 is 0 Å². The molecule has 0 saturated carbocycles. The Hall–Kier alpha value is -3.68. The van der Waals surface area contributed by atoms with Crippen LogP contribution < -0.4 is 0 Å². The van der Waals surface area contributed by atoms with Gasteiger partial charge in [0, 0.05) is 0 Å². The molecule has 2 aromatic carbocycles. The Morgan fingerprint density at radius 2 is 1.30 bits per heavy atom. The number of benzene rings is 2. The van der Waals surface area contributed by atoms with Crippen molar-refractivity contribution in [3.63, 3.8) is 0 Å². The fraction of sp³-hybridized carbons (Fsp3) is 0.158. The molecule has 8 nitrogen and oxygen atoms in total. The van der Waals surface area contributed by atoms with Gasteiger partial charge in [-0.25, -0.2) is 19.2 Å². The van der Waals surface area contributed by atoms with Gasteiger partial charge in [0.2, 0.25) is 0 Å². The summed E-state index contributed by atoms with van der Waals surface area (Å²) < 4.78 is 9.60. The van der Waals surface area contributed by atoms with E-state index in [1.165, 1.54) is 30.3 Å². The number of carbonyl (C=O) groups is 4. The molecule has 2 rings (SSSR count). The Kier molecular flexibility index (Phi) is 5.92. The van der Waals surface area contributed by atoms with Crippen LogP contribution in [-0.4, -0.2) is 47.8 Å². The predicted octanol–water partition coefficient (Wildman–Crippen LogP) is 2.71. The van der Waals surface area contributed by atoms with E-state index in [9.17, 15) is 24.3 Å². The van der Waals surface area contributed by atoms with Crippen LogP contribution >= 0.6 is 0 Å². The van der Waals surface area contributed by atoms with E-state index in [1.54, 1.807) is 6.92 Å². The van der Waals surface area contributed by atoms with E-state index in [1.807, 2.05) is 0 Å². The second-order valence-corrected chi connectivity index (χ2v) is 5.34. The normalized spacial score (nSPS) is 10.1. The molecule has 0 aliphatic carbocycles. The Labute approximate surface area is 154 Å². The third-order valence-corrected chi connectivity index (χ3v) is 3.73. The zero-order chi connectivity index (χ0) is 20.1. The lowest BCUT2D eigenvalue weighted by atomic mass is 9.96. The van der Waals surface area contributed by atoms with Gasteiger partial charge in [-0.3, -0.25) is 0 Å². The molecule has 0 radical (unpaired) electrons. The minimum absolute atomic E-state index is 0.00747. The number of rotatable bonds is 6. The number of hydrogen-bond donors (Lipinski definition) is 2. The molecule has 0 atom stereocenters. The van der Waals surface area contributed by atoms with E-state index in [4.69, 9.17) is 14.6 Å². The van der Waals surface area contributed by atoms with Crippen molar-refractivity contribution in [2.75, 3.05) is 13.7 Å². The second kappa shape index (κ2) is 8.13. The number of aromatic carboxylic acids is 2. The van der Waals surface area contributed by atoms with Gasteiger partial charge in [-0.2, -0.15) is 0 Å². The third kappa shape index (κ3) is 4.12. The maximum absolute atomic E-state index is 12.0. The van der Waals surface area contributed by atoms with Crippen molar-refractivity contribution in [3.8, 4) is 11.1 Å². The van der Waals surface area contributed by atoms with E-state index in [-0.39, 0.29) is 23.3 Å². The van der Waals surface area contributed by atoms with Crippen LogP contribution in [0, 0.1) is 0 Å². The van der Waals surface area contributed by atoms with Crippen LogP contribution in [0.25, 0.3) is 11.1 Å². The first-order chi connectivity index (χ1) is 12.8. The average molecular weight is 372 g/mol. The van der Waals surface area contributed by atoms with Gasteiger partial charge in [0.05, 0.1) is 36.0 Å². The van der Waals surface area contributed by atoms with Crippen LogP contribution in [0.1, 0.15) is 48.4 Å². The van der Waals surface area contributed by atoms with Crippen molar-refractivity contribution < 1.29 is 38.9 Å². The molecule has 0 aliphatic rings. The Bertz CT molecular complexity index is 929. The van der Waals surface area contributed by atoms with Crippen molar-refractivity contribution in [1.29, 1.82) is 0 Å². The standard InChI is InChI=1S/C19H16O8/c1-3-27-19(25)13-7-5-11(9-15(13)18(24)26-2)10-4-6-12(16(20)21)14(8-10)17(22)23/h4-9H,3H2,1-2H3,(H,20,21)(H,22,23). The van der Waals surface area contributed by atoms with Crippen molar-refractivity contribution in [1.82, 2.24) is 0 Å². The third-order valence-electron chi connectivity index (χ3n) is 3.73. The fourth-order valence-corrected chi connectivity index (χ4v) is 2.48. The molecule has 140 valence electrons. The van der Waals surface area contributed by atoms with Crippen molar-refractivity contribution in [2.24, 2.45) is 0 Å². The zero-order valence-electron chi connectivity index (χ0n) is 14.5. The molecule has 8 heteroatoms. The number of carboxylic acid groups (broad SMARTS) is 2. The van der Waals surface area contributed by atoms with Crippen LogP contribution in [0.4, 0.5) is 0 Å². The SMILES string of the molecule is CCOC(=O)c1ccc(-c2ccc(C(=O)O)c(C(=O)O)c2)cc1C(=O)OC. The lowest BCUT2D eigenvalue weighted by Crippen LogP contribution is -2.13. The molecule has 0 bridgehead atoms. The molecular formula is C19H16O8. The summed E-state index contributed by atoms with van der Waals surface area (Å²) >= 11 is 0. The minimum atomic E-state index is -1.40. The average Bonchev–Trinajstić information content (AvgIpc) is 2.66. The number of ether oxygens (including phenoxy) is 2. The Morgan fingerprint density at radius 3 is 1.78 bits per heavy atom. The number of carbonyl (C=O) groups excluding carboxylic acids is 2. The molecule has 0 aromatic heterocycles. The minimum Gasteiger partial charge on any atom is -0.478 e. The largest absolute Gasteiger partial charge is 0.478 e. The van der Waals surface area contributed by atoms with Crippen molar-refractivity contribution >= 4 is 23.9 Å². The number of esters is 2. The summed E-state index contributed by atoms with van der Waals surface area (Å²) in [5.74, 6) is -4.23. The smallest absolute Gasteiger partial charge is 0.338 e. The molecule has 0 saturated heterocycles. The van der Waals surface area contributed by atoms with E-state index in [0.29, 0.717) is 11.1 Å². The summed E-state index contributed by atoms with van der Waals surface area (Å²) in [6.45, 7) is 1.75. The molecule has 2 aromatic rings. The van der Waals surface area contributed by atoms with Crippen LogP contribution in [0.5, 0.6) is 0 Å². The molecule has 0 fully saturated rings. The first-order valence-corrected chi connectivity index (χ1v) is 7.80. The summed E-state index contributed by atoms with van der Waals surface area (Å²) in [6.07, 6.45) is 0. The lowest BCUT2D eigenvalue weighted by molar-refractivity contribution is 0.0504. The summed E-state index contributed by atoms with van der Waals surface area (Å²) in [7, 11) is 1.16. The molecule has 0 amide bonds. The van der Waals surface area contributed by atoms with Gasteiger partial charge in [0.25, 0.3) is 0 Å². The van der Waals surface area contributed by atoms with Crippen molar-refractivity contribution in [2.45, 2.75) is 6.92 Å². The van der Waals surface area contributed by atoms with Gasteiger partial charge in [-0.15, -0.1) is 0 Å². The highest BCUT2D eigenvalue weighted by atomic mass is 16.5. The molecule has 0 heterocycles. The Morgan fingerprint density at radius 1 is 0.778 bits per heavy atom. The van der Waals surface area contributed by atoms with E-state index < -0.39 is 29.4 Å². The molecule has 0 aliphatic heterocycles. The first kappa shape index (κ1) is 19.6. The topological polar surface area (TPSA) is 127 Å². The number of hydrogen-bond acceptors (Lipinski definition) is 6. The highest BCUT2D eigenvalue weighted by molar-refractivity contribution is 6.05. The monoisotopic (exact) mass is 372 g/mol. The molecule has 2 N–H and O–H groups in total. The lowest BCUT2D eigenvalue weighted by Gasteiger charge is -2.11. The van der Waals surface area contributed by atoms with E-state index in [0.717, 1.165) is 13.2 Å². The quantitative estimate of drug-likeness (QED) is 0.741. The molecule has 0 spiro atoms. The molecule has 27 heavy (non-hydrogen) atoms. The first-order valence-electron chi connectivity index (χ1n) is 7.80. The summed E-state index contributed by atoms with van der Waals surface area (Å²) in [4.78, 5) is 46.6. The van der Waals surface area contributed by atoms with Gasteiger partial charge < -0.3 is 19.7 Å². The highest BCUT2D eigenvalue weighted by Gasteiger charge is 2.21. The van der Waals surface area contributed by atoms with Gasteiger partial charge >= 0.3 is 23.9 Å². The predicted molar refractivity (Wildman–Crippen MR) is 93.1 cm³/mol. The summed E-state index contributed by atoms with van der Waals surface area (Å²) in [5.41, 5.74) is -0.0294. The van der Waals surface area contributed by atoms with Crippen molar-refractivity contribution in [3.05, 3.63) is 58.7 Å². The molecule has 0 unspecified atom stereocenters. The van der Waals surface area contributed by atoms with Gasteiger partial charge in [-0.1, -0.05) is 12.1 Å². The highest BCUT2D eigenvalue weighted by Crippen LogP contribution is 2.26.